The molecule has 2 rings (SSSR count). The second kappa shape index (κ2) is 5.68. The normalized spacial score (nSPS) is 26.4. The number of hydrogen-bond donors (Lipinski definition) is 0. The Balaban J connectivity index is 2.16. The minimum absolute atomic E-state index is 0.641. The van der Waals surface area contributed by atoms with E-state index < -0.39 is 0 Å². The van der Waals surface area contributed by atoms with E-state index in [1.807, 2.05) is 0 Å². The highest BCUT2D eigenvalue weighted by Crippen LogP contribution is 2.36. The fourth-order valence-corrected chi connectivity index (χ4v) is 3.05. The minimum Gasteiger partial charge on any atom is -0.297 e. The highest BCUT2D eigenvalue weighted by atomic mass is 15.2. The van der Waals surface area contributed by atoms with Gasteiger partial charge in [-0.3, -0.25) is 4.90 Å². The molecule has 0 aliphatic carbocycles. The van der Waals surface area contributed by atoms with Gasteiger partial charge >= 0.3 is 0 Å². The molecule has 0 unspecified atom stereocenters. The van der Waals surface area contributed by atoms with Crippen LogP contribution in [0.2, 0.25) is 0 Å². The van der Waals surface area contributed by atoms with E-state index >= 15 is 0 Å². The summed E-state index contributed by atoms with van der Waals surface area (Å²) in [6.07, 6.45) is 2.70. The van der Waals surface area contributed by atoms with Crippen molar-refractivity contribution in [3.8, 4) is 0 Å². The van der Waals surface area contributed by atoms with Gasteiger partial charge in [0.2, 0.25) is 0 Å². The van der Waals surface area contributed by atoms with Crippen LogP contribution in [0.25, 0.3) is 0 Å². The molecule has 0 spiro atoms. The molecule has 1 heterocycles. The van der Waals surface area contributed by atoms with Crippen LogP contribution in [0.3, 0.4) is 0 Å². The van der Waals surface area contributed by atoms with Crippen molar-refractivity contribution in [2.24, 2.45) is 11.8 Å². The van der Waals surface area contributed by atoms with Crippen LogP contribution in [0.4, 0.5) is 0 Å². The van der Waals surface area contributed by atoms with E-state index in [0.29, 0.717) is 6.04 Å². The Morgan fingerprint density at radius 1 is 1.24 bits per heavy atom. The molecule has 17 heavy (non-hydrogen) atoms. The van der Waals surface area contributed by atoms with E-state index in [2.05, 4.69) is 56.0 Å². The Labute approximate surface area is 106 Å². The lowest BCUT2D eigenvalue weighted by atomic mass is 9.81. The van der Waals surface area contributed by atoms with Gasteiger partial charge in [0.15, 0.2) is 0 Å². The first kappa shape index (κ1) is 12.6. The van der Waals surface area contributed by atoms with Crippen molar-refractivity contribution in [3.05, 3.63) is 35.9 Å². The van der Waals surface area contributed by atoms with Crippen molar-refractivity contribution >= 4 is 0 Å². The summed E-state index contributed by atoms with van der Waals surface area (Å²) in [5.74, 6) is 1.71. The Hall–Kier alpha value is -0.820. The SMILES string of the molecule is CCN1CC[C@@H](C(C)C)C[C@H]1c1ccccc1. The average molecular weight is 231 g/mol. The highest BCUT2D eigenvalue weighted by Gasteiger charge is 2.29. The molecule has 0 amide bonds. The molecule has 2 atom stereocenters. The molecule has 1 aliphatic heterocycles. The summed E-state index contributed by atoms with van der Waals surface area (Å²) in [5.41, 5.74) is 1.50. The summed E-state index contributed by atoms with van der Waals surface area (Å²) < 4.78 is 0. The molecule has 1 heteroatoms. The van der Waals surface area contributed by atoms with E-state index in [0.717, 1.165) is 11.8 Å². The fourth-order valence-electron chi connectivity index (χ4n) is 3.05. The molecule has 0 saturated carbocycles. The topological polar surface area (TPSA) is 3.24 Å². The van der Waals surface area contributed by atoms with E-state index in [4.69, 9.17) is 0 Å². The van der Waals surface area contributed by atoms with Crippen molar-refractivity contribution in [2.45, 2.75) is 39.7 Å². The molecule has 1 aliphatic rings. The van der Waals surface area contributed by atoms with Gasteiger partial charge in [-0.15, -0.1) is 0 Å². The first-order chi connectivity index (χ1) is 8.22. The maximum atomic E-state index is 2.63. The number of piperidine rings is 1. The predicted octanol–water partition coefficient (Wildman–Crippen LogP) is 4.12. The predicted molar refractivity (Wildman–Crippen MR) is 74.0 cm³/mol. The van der Waals surface area contributed by atoms with E-state index in [-0.39, 0.29) is 0 Å². The lowest BCUT2D eigenvalue weighted by Gasteiger charge is -2.40. The molecular weight excluding hydrogens is 206 g/mol. The molecule has 1 fully saturated rings. The first-order valence-corrected chi connectivity index (χ1v) is 7.01. The third kappa shape index (κ3) is 2.90. The van der Waals surface area contributed by atoms with Crippen LogP contribution >= 0.6 is 0 Å². The van der Waals surface area contributed by atoms with Gasteiger partial charge in [0.25, 0.3) is 0 Å². The van der Waals surface area contributed by atoms with Gasteiger partial charge < -0.3 is 0 Å². The smallest absolute Gasteiger partial charge is 0.0350 e. The summed E-state index contributed by atoms with van der Waals surface area (Å²) in [6.45, 7) is 9.46. The van der Waals surface area contributed by atoms with Crippen molar-refractivity contribution in [1.82, 2.24) is 4.90 Å². The van der Waals surface area contributed by atoms with Gasteiger partial charge in [-0.2, -0.15) is 0 Å². The lowest BCUT2D eigenvalue weighted by molar-refractivity contribution is 0.0981. The van der Waals surface area contributed by atoms with E-state index in [1.54, 1.807) is 0 Å². The average Bonchev–Trinajstić information content (AvgIpc) is 2.39. The zero-order chi connectivity index (χ0) is 12.3. The summed E-state index contributed by atoms with van der Waals surface area (Å²) in [5, 5.41) is 0. The summed E-state index contributed by atoms with van der Waals surface area (Å²) in [6, 6.07) is 11.7. The van der Waals surface area contributed by atoms with Crippen LogP contribution in [0.15, 0.2) is 30.3 Å². The lowest BCUT2D eigenvalue weighted by Crippen LogP contribution is -2.38. The second-order valence-electron chi connectivity index (χ2n) is 5.58. The van der Waals surface area contributed by atoms with E-state index in [1.165, 1.54) is 31.5 Å². The number of rotatable bonds is 3. The number of benzene rings is 1. The number of likely N-dealkylation sites (tertiary alicyclic amines) is 1. The summed E-state index contributed by atoms with van der Waals surface area (Å²) >= 11 is 0. The molecule has 94 valence electrons. The van der Waals surface area contributed by atoms with Gasteiger partial charge in [0, 0.05) is 6.04 Å². The molecule has 1 aromatic carbocycles. The van der Waals surface area contributed by atoms with Gasteiger partial charge in [0.1, 0.15) is 0 Å². The third-order valence-electron chi connectivity index (χ3n) is 4.29. The zero-order valence-electron chi connectivity index (χ0n) is 11.4. The second-order valence-corrected chi connectivity index (χ2v) is 5.58. The number of hydrogen-bond acceptors (Lipinski definition) is 1. The minimum atomic E-state index is 0.641. The van der Waals surface area contributed by atoms with Gasteiger partial charge in [0.05, 0.1) is 0 Å². The zero-order valence-corrected chi connectivity index (χ0v) is 11.4. The van der Waals surface area contributed by atoms with Crippen molar-refractivity contribution in [3.63, 3.8) is 0 Å². The Kier molecular flexibility index (Phi) is 4.22. The van der Waals surface area contributed by atoms with Gasteiger partial charge in [-0.1, -0.05) is 51.1 Å². The maximum absolute atomic E-state index is 2.63. The van der Waals surface area contributed by atoms with Gasteiger partial charge in [-0.25, -0.2) is 0 Å². The van der Waals surface area contributed by atoms with Crippen molar-refractivity contribution in [1.29, 1.82) is 0 Å². The van der Waals surface area contributed by atoms with Crippen LogP contribution in [-0.4, -0.2) is 18.0 Å². The third-order valence-corrected chi connectivity index (χ3v) is 4.29. The fraction of sp³-hybridized carbons (Fsp3) is 0.625. The Bertz CT molecular complexity index is 331. The van der Waals surface area contributed by atoms with Crippen LogP contribution < -0.4 is 0 Å². The van der Waals surface area contributed by atoms with Crippen molar-refractivity contribution < 1.29 is 0 Å². The molecule has 1 nitrogen and oxygen atoms in total. The quantitative estimate of drug-likeness (QED) is 0.756. The van der Waals surface area contributed by atoms with Crippen LogP contribution in [0.5, 0.6) is 0 Å². The maximum Gasteiger partial charge on any atom is 0.0350 e. The van der Waals surface area contributed by atoms with Crippen LogP contribution in [-0.2, 0) is 0 Å². The Morgan fingerprint density at radius 2 is 1.94 bits per heavy atom. The Morgan fingerprint density at radius 3 is 2.53 bits per heavy atom. The summed E-state index contributed by atoms with van der Waals surface area (Å²) in [4.78, 5) is 2.63. The standard InChI is InChI=1S/C16H25N/c1-4-17-11-10-15(13(2)3)12-16(17)14-8-6-5-7-9-14/h5-9,13,15-16H,4,10-12H2,1-3H3/t15-,16+/m1/s1. The monoisotopic (exact) mass is 231 g/mol. The molecule has 0 bridgehead atoms. The van der Waals surface area contributed by atoms with Crippen LogP contribution in [0, 0.1) is 11.8 Å². The highest BCUT2D eigenvalue weighted by molar-refractivity contribution is 5.19. The molecule has 0 aromatic heterocycles. The molecule has 0 radical (unpaired) electrons. The van der Waals surface area contributed by atoms with E-state index in [9.17, 15) is 0 Å². The molecule has 1 saturated heterocycles. The largest absolute Gasteiger partial charge is 0.297 e. The van der Waals surface area contributed by atoms with Crippen molar-refractivity contribution in [2.75, 3.05) is 13.1 Å². The summed E-state index contributed by atoms with van der Waals surface area (Å²) in [7, 11) is 0. The van der Waals surface area contributed by atoms with Crippen LogP contribution in [0.1, 0.15) is 45.2 Å². The number of nitrogens with zero attached hydrogens (tertiary/aromatic N) is 1. The molecule has 1 aromatic rings. The molecular formula is C16H25N. The first-order valence-electron chi connectivity index (χ1n) is 7.01. The van der Waals surface area contributed by atoms with Gasteiger partial charge in [-0.05, 0) is 43.3 Å². The molecule has 0 N–H and O–H groups in total.